The van der Waals surface area contributed by atoms with Crippen molar-refractivity contribution in [2.45, 2.75) is 12.1 Å². The van der Waals surface area contributed by atoms with E-state index < -0.39 is 34.8 Å². The molecule has 8 nitrogen and oxygen atoms in total. The molecule has 2 heterocycles. The predicted molar refractivity (Wildman–Crippen MR) is 122 cm³/mol. The molecule has 2 amide bonds. The first-order chi connectivity index (χ1) is 15.9. The van der Waals surface area contributed by atoms with Gasteiger partial charge in [0.25, 0.3) is 11.6 Å². The fraction of sp³-hybridized carbons (Fsp3) is 0.130. The van der Waals surface area contributed by atoms with Crippen LogP contribution in [-0.4, -0.2) is 22.8 Å². The maximum Gasteiger partial charge on any atom is 0.288 e. The van der Waals surface area contributed by atoms with Crippen LogP contribution >= 0.6 is 23.2 Å². The Morgan fingerprint density at radius 3 is 2.24 bits per heavy atom. The molecule has 166 valence electrons. The van der Waals surface area contributed by atoms with Gasteiger partial charge in [0.2, 0.25) is 5.91 Å². The Labute approximate surface area is 198 Å². The van der Waals surface area contributed by atoms with E-state index in [4.69, 9.17) is 28.0 Å². The van der Waals surface area contributed by atoms with Crippen LogP contribution in [0, 0.1) is 16.0 Å². The number of carbonyl (C=O) groups excluding carboxylic acids is 2. The van der Waals surface area contributed by atoms with E-state index in [1.807, 2.05) is 6.07 Å². The SMILES string of the molecule is O=C1[C@H]2[C@@H](c3ccc(Cl)c([N+](=O)[O-])c3)N(c3ccccc3)O[C@H]2C(=O)N1c1ccc(Cl)cc1. The molecular weight excluding hydrogens is 469 g/mol. The van der Waals surface area contributed by atoms with Crippen LogP contribution in [0.25, 0.3) is 0 Å². The summed E-state index contributed by atoms with van der Waals surface area (Å²) in [6.07, 6.45) is -1.09. The van der Waals surface area contributed by atoms with Crippen molar-refractivity contribution in [1.82, 2.24) is 0 Å². The number of rotatable bonds is 4. The summed E-state index contributed by atoms with van der Waals surface area (Å²) in [5.74, 6) is -1.90. The maximum atomic E-state index is 13.5. The van der Waals surface area contributed by atoms with Crippen molar-refractivity contribution in [2.75, 3.05) is 9.96 Å². The standard InChI is InChI=1S/C23H15Cl2N3O5/c24-14-7-9-15(10-8-14)26-22(29)19-20(13-6-11-17(25)18(12-13)28(31)32)27(33-21(19)23(26)30)16-4-2-1-3-5-16/h1-12,19-21H/t19-,20+,21+/m0/s1. The number of carbonyl (C=O) groups is 2. The van der Waals surface area contributed by atoms with E-state index in [9.17, 15) is 19.7 Å². The van der Waals surface area contributed by atoms with Gasteiger partial charge in [-0.25, -0.2) is 9.96 Å². The first kappa shape index (κ1) is 21.4. The number of nitro groups is 1. The van der Waals surface area contributed by atoms with Crippen LogP contribution in [0.5, 0.6) is 0 Å². The number of anilines is 2. The first-order valence-electron chi connectivity index (χ1n) is 9.95. The largest absolute Gasteiger partial charge is 0.288 e. The molecule has 0 spiro atoms. The number of nitrogens with zero attached hydrogens (tertiary/aromatic N) is 3. The van der Waals surface area contributed by atoms with Crippen molar-refractivity contribution < 1.29 is 19.3 Å². The highest BCUT2D eigenvalue weighted by molar-refractivity contribution is 6.32. The van der Waals surface area contributed by atoms with Crippen molar-refractivity contribution in [3.63, 3.8) is 0 Å². The van der Waals surface area contributed by atoms with Gasteiger partial charge in [-0.1, -0.05) is 47.5 Å². The Hall–Kier alpha value is -3.46. The molecule has 3 aromatic carbocycles. The molecule has 0 saturated carbocycles. The van der Waals surface area contributed by atoms with Crippen LogP contribution in [0.15, 0.2) is 72.8 Å². The average molecular weight is 484 g/mol. The van der Waals surface area contributed by atoms with Gasteiger partial charge >= 0.3 is 0 Å². The number of benzene rings is 3. The minimum Gasteiger partial charge on any atom is -0.273 e. The topological polar surface area (TPSA) is 93.0 Å². The minimum absolute atomic E-state index is 0.0258. The van der Waals surface area contributed by atoms with Crippen LogP contribution in [0.4, 0.5) is 17.1 Å². The normalized spacial score (nSPS) is 22.1. The lowest BCUT2D eigenvalue weighted by atomic mass is 9.90. The third kappa shape index (κ3) is 3.52. The van der Waals surface area contributed by atoms with Crippen LogP contribution in [-0.2, 0) is 14.4 Å². The first-order valence-corrected chi connectivity index (χ1v) is 10.7. The Morgan fingerprint density at radius 1 is 0.879 bits per heavy atom. The zero-order valence-corrected chi connectivity index (χ0v) is 18.3. The average Bonchev–Trinajstić information content (AvgIpc) is 3.31. The molecule has 33 heavy (non-hydrogen) atoms. The van der Waals surface area contributed by atoms with Crippen molar-refractivity contribution in [1.29, 1.82) is 0 Å². The Balaban J connectivity index is 1.61. The Kier molecular flexibility index (Phi) is 5.28. The molecule has 0 aliphatic carbocycles. The van der Waals surface area contributed by atoms with Gasteiger partial charge in [0.1, 0.15) is 10.9 Å². The minimum atomic E-state index is -1.09. The molecule has 2 fully saturated rings. The summed E-state index contributed by atoms with van der Waals surface area (Å²) in [5, 5.41) is 13.4. The van der Waals surface area contributed by atoms with Gasteiger partial charge in [0.15, 0.2) is 6.10 Å². The molecule has 0 N–H and O–H groups in total. The smallest absolute Gasteiger partial charge is 0.273 e. The van der Waals surface area contributed by atoms with E-state index in [0.29, 0.717) is 22.0 Å². The number of hydroxylamine groups is 1. The number of para-hydroxylation sites is 1. The zero-order chi connectivity index (χ0) is 23.3. The molecule has 2 aliphatic heterocycles. The Bertz CT molecular complexity index is 1270. The van der Waals surface area contributed by atoms with Gasteiger partial charge in [-0.2, -0.15) is 0 Å². The van der Waals surface area contributed by atoms with Crippen LogP contribution in [0.2, 0.25) is 10.0 Å². The van der Waals surface area contributed by atoms with Gasteiger partial charge in [-0.15, -0.1) is 0 Å². The molecule has 0 bridgehead atoms. The molecular formula is C23H15Cl2N3O5. The van der Waals surface area contributed by atoms with E-state index >= 15 is 0 Å². The summed E-state index contributed by atoms with van der Waals surface area (Å²) >= 11 is 11.9. The third-order valence-corrected chi connectivity index (χ3v) is 6.29. The van der Waals surface area contributed by atoms with Gasteiger partial charge < -0.3 is 0 Å². The third-order valence-electron chi connectivity index (χ3n) is 5.72. The highest BCUT2D eigenvalue weighted by Gasteiger charge is 2.60. The molecule has 2 aliphatic rings. The zero-order valence-electron chi connectivity index (χ0n) is 16.8. The van der Waals surface area contributed by atoms with E-state index in [1.165, 1.54) is 17.2 Å². The lowest BCUT2D eigenvalue weighted by Crippen LogP contribution is -2.37. The van der Waals surface area contributed by atoms with Crippen LogP contribution in [0.1, 0.15) is 11.6 Å². The number of amides is 2. The van der Waals surface area contributed by atoms with Crippen molar-refractivity contribution in [2.24, 2.45) is 5.92 Å². The monoisotopic (exact) mass is 483 g/mol. The number of hydrogen-bond donors (Lipinski definition) is 0. The predicted octanol–water partition coefficient (Wildman–Crippen LogP) is 4.95. The van der Waals surface area contributed by atoms with Crippen LogP contribution in [0.3, 0.4) is 0 Å². The van der Waals surface area contributed by atoms with Crippen LogP contribution < -0.4 is 9.96 Å². The molecule has 5 rings (SSSR count). The number of imide groups is 1. The second kappa shape index (κ2) is 8.15. The van der Waals surface area contributed by atoms with Gasteiger partial charge in [0.05, 0.1) is 22.3 Å². The van der Waals surface area contributed by atoms with Crippen molar-refractivity contribution in [3.05, 3.63) is 98.5 Å². The number of nitro benzene ring substituents is 1. The molecule has 10 heteroatoms. The number of fused-ring (bicyclic) bond motifs is 1. The maximum absolute atomic E-state index is 13.5. The highest BCUT2D eigenvalue weighted by atomic mass is 35.5. The van der Waals surface area contributed by atoms with E-state index in [-0.39, 0.29) is 10.7 Å². The summed E-state index contributed by atoms with van der Waals surface area (Å²) in [6.45, 7) is 0. The van der Waals surface area contributed by atoms with E-state index in [1.54, 1.807) is 54.6 Å². The summed E-state index contributed by atoms with van der Waals surface area (Å²) in [7, 11) is 0. The lowest BCUT2D eigenvalue weighted by molar-refractivity contribution is -0.384. The summed E-state index contributed by atoms with van der Waals surface area (Å²) in [4.78, 5) is 44.8. The quantitative estimate of drug-likeness (QED) is 0.296. The summed E-state index contributed by atoms with van der Waals surface area (Å²) < 4.78 is 0. The van der Waals surface area contributed by atoms with Crippen molar-refractivity contribution >= 4 is 52.1 Å². The molecule has 3 atom stereocenters. The second-order valence-electron chi connectivity index (χ2n) is 7.61. The molecule has 0 aromatic heterocycles. The van der Waals surface area contributed by atoms with Gasteiger partial charge in [-0.3, -0.25) is 24.5 Å². The molecule has 0 unspecified atom stereocenters. The fourth-order valence-electron chi connectivity index (χ4n) is 4.25. The van der Waals surface area contributed by atoms with Gasteiger partial charge in [0, 0.05) is 11.1 Å². The summed E-state index contributed by atoms with van der Waals surface area (Å²) in [6, 6.07) is 18.8. The van der Waals surface area contributed by atoms with Gasteiger partial charge in [-0.05, 0) is 48.0 Å². The van der Waals surface area contributed by atoms with E-state index in [2.05, 4.69) is 0 Å². The summed E-state index contributed by atoms with van der Waals surface area (Å²) in [5.41, 5.74) is 1.12. The fourth-order valence-corrected chi connectivity index (χ4v) is 4.56. The Morgan fingerprint density at radius 2 is 1.58 bits per heavy atom. The second-order valence-corrected chi connectivity index (χ2v) is 8.46. The van der Waals surface area contributed by atoms with Crippen molar-refractivity contribution in [3.8, 4) is 0 Å². The molecule has 2 saturated heterocycles. The highest BCUT2D eigenvalue weighted by Crippen LogP contribution is 2.48. The number of halogens is 2. The lowest BCUT2D eigenvalue weighted by Gasteiger charge is -2.28. The molecule has 0 radical (unpaired) electrons. The van der Waals surface area contributed by atoms with E-state index in [0.717, 1.165) is 4.90 Å². The molecule has 3 aromatic rings. The number of hydrogen-bond acceptors (Lipinski definition) is 6.